The van der Waals surface area contributed by atoms with Gasteiger partial charge >= 0.3 is 0 Å². The molecule has 25 heavy (non-hydrogen) atoms. The van der Waals surface area contributed by atoms with Gasteiger partial charge < -0.3 is 4.90 Å². The fourth-order valence-electron chi connectivity index (χ4n) is 4.19. The van der Waals surface area contributed by atoms with Crippen molar-refractivity contribution in [3.8, 4) is 0 Å². The van der Waals surface area contributed by atoms with Crippen LogP contribution in [-0.2, 0) is 21.2 Å². The maximum atomic E-state index is 13.2. The number of amides is 1. The Hall–Kier alpha value is -1.40. The molecule has 0 atom stereocenters. The Labute approximate surface area is 151 Å². The molecule has 6 heteroatoms. The minimum absolute atomic E-state index is 0.00828. The van der Waals surface area contributed by atoms with Gasteiger partial charge in [-0.15, -0.1) is 0 Å². The van der Waals surface area contributed by atoms with Crippen LogP contribution in [0.15, 0.2) is 23.1 Å². The molecule has 1 heterocycles. The summed E-state index contributed by atoms with van der Waals surface area (Å²) in [6, 6.07) is 5.37. The van der Waals surface area contributed by atoms with E-state index in [2.05, 4.69) is 0 Å². The number of hydrogen-bond donors (Lipinski definition) is 0. The third kappa shape index (κ3) is 3.60. The molecule has 0 unspecified atom stereocenters. The zero-order valence-electron chi connectivity index (χ0n) is 15.2. The standard InChI is InChI=1S/C19H28N2O3S/c1-3-21(17-9-5-4-6-10-17)25(23,24)18-11-12-19-16(14-18)8-7-13-20(19)15(2)22/h11-12,14,17H,3-10,13H2,1-2H3. The van der Waals surface area contributed by atoms with Crippen LogP contribution >= 0.6 is 0 Å². The largest absolute Gasteiger partial charge is 0.312 e. The summed E-state index contributed by atoms with van der Waals surface area (Å²) < 4.78 is 28.1. The second-order valence-corrected chi connectivity index (χ2v) is 8.96. The van der Waals surface area contributed by atoms with E-state index in [4.69, 9.17) is 0 Å². The van der Waals surface area contributed by atoms with Crippen LogP contribution in [0.2, 0.25) is 0 Å². The van der Waals surface area contributed by atoms with Gasteiger partial charge in [0, 0.05) is 31.7 Å². The van der Waals surface area contributed by atoms with Crippen LogP contribution in [-0.4, -0.2) is 37.8 Å². The van der Waals surface area contributed by atoms with Gasteiger partial charge in [0.2, 0.25) is 15.9 Å². The first kappa shape index (κ1) is 18.4. The van der Waals surface area contributed by atoms with Gasteiger partial charge in [0.25, 0.3) is 0 Å². The van der Waals surface area contributed by atoms with Gasteiger partial charge in [-0.25, -0.2) is 8.42 Å². The highest BCUT2D eigenvalue weighted by Gasteiger charge is 2.32. The summed E-state index contributed by atoms with van der Waals surface area (Å²) in [5.74, 6) is 0.00828. The molecule has 138 valence electrons. The number of hydrogen-bond acceptors (Lipinski definition) is 3. The Morgan fingerprint density at radius 1 is 1.20 bits per heavy atom. The van der Waals surface area contributed by atoms with Gasteiger partial charge in [0.05, 0.1) is 4.90 Å². The Morgan fingerprint density at radius 3 is 2.56 bits per heavy atom. The van der Waals surface area contributed by atoms with E-state index >= 15 is 0 Å². The summed E-state index contributed by atoms with van der Waals surface area (Å²) >= 11 is 0. The normalized spacial score (nSPS) is 19.1. The van der Waals surface area contributed by atoms with Crippen molar-refractivity contribution >= 4 is 21.6 Å². The van der Waals surface area contributed by atoms with Crippen molar-refractivity contribution in [3.05, 3.63) is 23.8 Å². The summed E-state index contributed by atoms with van der Waals surface area (Å²) in [4.78, 5) is 13.9. The molecule has 1 fully saturated rings. The van der Waals surface area contributed by atoms with Crippen molar-refractivity contribution in [1.29, 1.82) is 0 Å². The number of nitrogens with zero attached hydrogens (tertiary/aromatic N) is 2. The van der Waals surface area contributed by atoms with E-state index in [9.17, 15) is 13.2 Å². The molecule has 1 aromatic carbocycles. The monoisotopic (exact) mass is 364 g/mol. The molecule has 1 saturated carbocycles. The summed E-state index contributed by atoms with van der Waals surface area (Å²) in [7, 11) is -3.49. The minimum Gasteiger partial charge on any atom is -0.312 e. The Balaban J connectivity index is 1.93. The number of rotatable bonds is 4. The van der Waals surface area contributed by atoms with Crippen LogP contribution < -0.4 is 4.90 Å². The Kier molecular flexibility index (Phi) is 5.49. The third-order valence-electron chi connectivity index (χ3n) is 5.45. The number of aryl methyl sites for hydroxylation is 1. The summed E-state index contributed by atoms with van der Waals surface area (Å²) in [6.07, 6.45) is 7.01. The van der Waals surface area contributed by atoms with Gasteiger partial charge in [0.15, 0.2) is 0 Å². The highest BCUT2D eigenvalue weighted by molar-refractivity contribution is 7.89. The quantitative estimate of drug-likeness (QED) is 0.823. The van der Waals surface area contributed by atoms with E-state index in [0.29, 0.717) is 18.0 Å². The minimum atomic E-state index is -3.49. The Morgan fingerprint density at radius 2 is 1.92 bits per heavy atom. The van der Waals surface area contributed by atoms with Crippen molar-refractivity contribution < 1.29 is 13.2 Å². The SMILES string of the molecule is CCN(C1CCCCC1)S(=O)(=O)c1ccc2c(c1)CCCN2C(C)=O. The van der Waals surface area contributed by atoms with Crippen LogP contribution in [0.4, 0.5) is 5.69 Å². The molecule has 1 aliphatic carbocycles. The number of fused-ring (bicyclic) bond motifs is 1. The van der Waals surface area contributed by atoms with Crippen LogP contribution in [0.1, 0.15) is 57.9 Å². The van der Waals surface area contributed by atoms with Crippen LogP contribution in [0.25, 0.3) is 0 Å². The molecule has 3 rings (SSSR count). The number of benzene rings is 1. The van der Waals surface area contributed by atoms with E-state index in [-0.39, 0.29) is 11.9 Å². The van der Waals surface area contributed by atoms with Gasteiger partial charge in [-0.05, 0) is 49.4 Å². The molecule has 0 bridgehead atoms. The molecule has 0 spiro atoms. The van der Waals surface area contributed by atoms with Crippen LogP contribution in [0, 0.1) is 0 Å². The fraction of sp³-hybridized carbons (Fsp3) is 0.632. The highest BCUT2D eigenvalue weighted by Crippen LogP contribution is 2.32. The highest BCUT2D eigenvalue weighted by atomic mass is 32.2. The fourth-order valence-corrected chi connectivity index (χ4v) is 5.94. The molecule has 1 aromatic rings. The summed E-state index contributed by atoms with van der Waals surface area (Å²) in [5, 5.41) is 0. The van der Waals surface area contributed by atoms with E-state index in [0.717, 1.165) is 49.8 Å². The number of sulfonamides is 1. The van der Waals surface area contributed by atoms with Crippen molar-refractivity contribution in [1.82, 2.24) is 4.31 Å². The lowest BCUT2D eigenvalue weighted by Crippen LogP contribution is -2.41. The first-order chi connectivity index (χ1) is 11.9. The third-order valence-corrected chi connectivity index (χ3v) is 7.47. The second-order valence-electron chi connectivity index (χ2n) is 7.06. The second kappa shape index (κ2) is 7.46. The van der Waals surface area contributed by atoms with Crippen molar-refractivity contribution in [3.63, 3.8) is 0 Å². The molecular weight excluding hydrogens is 336 g/mol. The molecule has 0 saturated heterocycles. The average molecular weight is 365 g/mol. The van der Waals surface area contributed by atoms with Crippen molar-refractivity contribution in [2.45, 2.75) is 69.7 Å². The predicted octanol–water partition coefficient (Wildman–Crippen LogP) is 3.33. The van der Waals surface area contributed by atoms with E-state index in [1.807, 2.05) is 6.92 Å². The van der Waals surface area contributed by atoms with Gasteiger partial charge in [-0.1, -0.05) is 26.2 Å². The van der Waals surface area contributed by atoms with E-state index in [1.165, 1.54) is 6.42 Å². The molecule has 0 aromatic heterocycles. The number of carbonyl (C=O) groups excluding carboxylic acids is 1. The average Bonchev–Trinajstić information content (AvgIpc) is 2.62. The molecule has 1 amide bonds. The topological polar surface area (TPSA) is 57.7 Å². The number of carbonyl (C=O) groups is 1. The zero-order valence-corrected chi connectivity index (χ0v) is 16.0. The lowest BCUT2D eigenvalue weighted by molar-refractivity contribution is -0.116. The maximum absolute atomic E-state index is 13.2. The van der Waals surface area contributed by atoms with Crippen molar-refractivity contribution in [2.75, 3.05) is 18.0 Å². The maximum Gasteiger partial charge on any atom is 0.243 e. The molecular formula is C19H28N2O3S. The van der Waals surface area contributed by atoms with Gasteiger partial charge in [-0.2, -0.15) is 4.31 Å². The molecule has 2 aliphatic rings. The van der Waals surface area contributed by atoms with Crippen LogP contribution in [0.3, 0.4) is 0 Å². The Bertz CT molecular complexity index is 739. The zero-order chi connectivity index (χ0) is 18.0. The summed E-state index contributed by atoms with van der Waals surface area (Å²) in [6.45, 7) is 4.69. The lowest BCUT2D eigenvalue weighted by atomic mass is 9.95. The molecule has 0 radical (unpaired) electrons. The predicted molar refractivity (Wildman–Crippen MR) is 99.2 cm³/mol. The van der Waals surface area contributed by atoms with Crippen molar-refractivity contribution in [2.24, 2.45) is 0 Å². The first-order valence-electron chi connectivity index (χ1n) is 9.38. The van der Waals surface area contributed by atoms with E-state index in [1.54, 1.807) is 34.3 Å². The molecule has 5 nitrogen and oxygen atoms in total. The first-order valence-corrected chi connectivity index (χ1v) is 10.8. The van der Waals surface area contributed by atoms with Gasteiger partial charge in [-0.3, -0.25) is 4.79 Å². The molecule has 0 N–H and O–H groups in total. The van der Waals surface area contributed by atoms with E-state index < -0.39 is 10.0 Å². The smallest absolute Gasteiger partial charge is 0.243 e. The van der Waals surface area contributed by atoms with Crippen LogP contribution in [0.5, 0.6) is 0 Å². The summed E-state index contributed by atoms with van der Waals surface area (Å²) in [5.41, 5.74) is 1.82. The lowest BCUT2D eigenvalue weighted by Gasteiger charge is -2.33. The van der Waals surface area contributed by atoms with Gasteiger partial charge in [0.1, 0.15) is 0 Å². The number of anilines is 1. The molecule has 1 aliphatic heterocycles.